The van der Waals surface area contributed by atoms with Crippen LogP contribution in [0.5, 0.6) is 0 Å². The molecule has 0 aromatic heterocycles. The first-order valence-corrected chi connectivity index (χ1v) is 4.60. The molecule has 0 radical (unpaired) electrons. The van der Waals surface area contributed by atoms with Crippen molar-refractivity contribution in [3.63, 3.8) is 0 Å². The summed E-state index contributed by atoms with van der Waals surface area (Å²) in [6.07, 6.45) is 0.973. The fourth-order valence-corrected chi connectivity index (χ4v) is 1.19. The molecule has 0 aliphatic rings. The summed E-state index contributed by atoms with van der Waals surface area (Å²) in [5.74, 6) is -0.244. The average Bonchev–Trinajstić information content (AvgIpc) is 2.03. The van der Waals surface area contributed by atoms with Crippen molar-refractivity contribution in [3.05, 3.63) is 11.6 Å². The average molecular weight is 206 g/mol. The summed E-state index contributed by atoms with van der Waals surface area (Å²) in [5.41, 5.74) is 0. The zero-order chi connectivity index (χ0) is 10.3. The molecule has 13 heavy (non-hydrogen) atoms. The van der Waals surface area contributed by atoms with Gasteiger partial charge in [-0.2, -0.15) is 0 Å². The van der Waals surface area contributed by atoms with Gasteiger partial charge < -0.3 is 4.74 Å². The highest BCUT2D eigenvalue weighted by Gasteiger charge is 2.09. The fourth-order valence-electron chi connectivity index (χ4n) is 1.02. The van der Waals surface area contributed by atoms with Gasteiger partial charge in [-0.15, -0.1) is 0 Å². The van der Waals surface area contributed by atoms with Gasteiger partial charge in [-0.25, -0.2) is 0 Å². The Kier molecular flexibility index (Phi) is 6.63. The van der Waals surface area contributed by atoms with Gasteiger partial charge in [-0.05, 0) is 13.0 Å². The summed E-state index contributed by atoms with van der Waals surface area (Å²) < 4.78 is 4.56. The van der Waals surface area contributed by atoms with E-state index in [4.69, 9.17) is 11.6 Å². The van der Waals surface area contributed by atoms with Gasteiger partial charge in [0, 0.05) is 11.6 Å². The quantitative estimate of drug-likeness (QED) is 0.618. The monoisotopic (exact) mass is 205 g/mol. The zero-order valence-corrected chi connectivity index (χ0v) is 8.93. The Balaban J connectivity index is 3.93. The largest absolute Gasteiger partial charge is 0.468 e. The lowest BCUT2D eigenvalue weighted by Crippen LogP contribution is -2.32. The molecular formula is C9H16ClNO2. The smallest absolute Gasteiger partial charge is 0.319 e. The van der Waals surface area contributed by atoms with Crippen LogP contribution in [-0.4, -0.2) is 37.6 Å². The van der Waals surface area contributed by atoms with E-state index in [0.29, 0.717) is 11.6 Å². The molecule has 0 aromatic rings. The normalized spacial score (nSPS) is 10.2. The van der Waals surface area contributed by atoms with Crippen LogP contribution >= 0.6 is 11.6 Å². The lowest BCUT2D eigenvalue weighted by atomic mass is 10.4. The highest BCUT2D eigenvalue weighted by Crippen LogP contribution is 2.02. The molecule has 0 amide bonds. The van der Waals surface area contributed by atoms with Crippen LogP contribution in [0.3, 0.4) is 0 Å². The highest BCUT2D eigenvalue weighted by molar-refractivity contribution is 6.29. The van der Waals surface area contributed by atoms with E-state index in [2.05, 4.69) is 11.3 Å². The fraction of sp³-hybridized carbons (Fsp3) is 0.667. The van der Waals surface area contributed by atoms with Gasteiger partial charge in [0.25, 0.3) is 0 Å². The minimum atomic E-state index is -0.244. The Morgan fingerprint density at radius 2 is 2.15 bits per heavy atom. The topological polar surface area (TPSA) is 29.5 Å². The Labute approximate surface area is 84.3 Å². The van der Waals surface area contributed by atoms with Crippen LogP contribution in [0.2, 0.25) is 0 Å². The predicted octanol–water partition coefficient (Wildman–Crippen LogP) is 1.62. The number of esters is 1. The van der Waals surface area contributed by atoms with Gasteiger partial charge in [-0.3, -0.25) is 9.69 Å². The number of carbonyl (C=O) groups excluding carboxylic acids is 1. The number of methoxy groups -OCH3 is 1. The lowest BCUT2D eigenvalue weighted by molar-refractivity contribution is -0.141. The van der Waals surface area contributed by atoms with E-state index in [1.807, 2.05) is 11.8 Å². The molecule has 0 spiro atoms. The van der Waals surface area contributed by atoms with E-state index in [-0.39, 0.29) is 12.5 Å². The molecule has 0 aliphatic carbocycles. The minimum absolute atomic E-state index is 0.244. The maximum atomic E-state index is 10.9. The van der Waals surface area contributed by atoms with Crippen molar-refractivity contribution >= 4 is 17.6 Å². The van der Waals surface area contributed by atoms with Crippen LogP contribution in [0.4, 0.5) is 0 Å². The molecule has 0 heterocycles. The first kappa shape index (κ1) is 12.5. The third kappa shape index (κ3) is 6.61. The highest BCUT2D eigenvalue weighted by atomic mass is 35.5. The van der Waals surface area contributed by atoms with E-state index < -0.39 is 0 Å². The molecule has 4 heteroatoms. The van der Waals surface area contributed by atoms with Gasteiger partial charge in [0.2, 0.25) is 0 Å². The molecule has 0 aliphatic heterocycles. The van der Waals surface area contributed by atoms with Gasteiger partial charge >= 0.3 is 5.97 Å². The van der Waals surface area contributed by atoms with Crippen molar-refractivity contribution in [3.8, 4) is 0 Å². The van der Waals surface area contributed by atoms with Crippen LogP contribution in [-0.2, 0) is 9.53 Å². The number of hydrogen-bond acceptors (Lipinski definition) is 3. The van der Waals surface area contributed by atoms with Crippen LogP contribution in [0, 0.1) is 0 Å². The summed E-state index contributed by atoms with van der Waals surface area (Å²) in [4.78, 5) is 12.8. The zero-order valence-electron chi connectivity index (χ0n) is 8.18. The number of carbonyl (C=O) groups is 1. The van der Waals surface area contributed by atoms with Gasteiger partial charge in [-0.1, -0.05) is 25.1 Å². The molecule has 76 valence electrons. The summed E-state index contributed by atoms with van der Waals surface area (Å²) >= 11 is 5.65. The van der Waals surface area contributed by atoms with Crippen molar-refractivity contribution in [1.29, 1.82) is 0 Å². The van der Waals surface area contributed by atoms with Crippen molar-refractivity contribution in [2.24, 2.45) is 0 Å². The number of ether oxygens (including phenoxy) is 1. The molecule has 3 nitrogen and oxygen atoms in total. The van der Waals surface area contributed by atoms with Crippen LogP contribution in [0.1, 0.15) is 13.3 Å². The third-order valence-electron chi connectivity index (χ3n) is 1.52. The maximum absolute atomic E-state index is 10.9. The van der Waals surface area contributed by atoms with Gasteiger partial charge in [0.15, 0.2) is 0 Å². The van der Waals surface area contributed by atoms with E-state index in [9.17, 15) is 4.79 Å². The molecule has 0 rings (SSSR count). The van der Waals surface area contributed by atoms with Gasteiger partial charge in [0.1, 0.15) is 0 Å². The van der Waals surface area contributed by atoms with Crippen molar-refractivity contribution in [2.75, 3.05) is 26.7 Å². The summed E-state index contributed by atoms with van der Waals surface area (Å²) in [6.45, 7) is 7.25. The second-order valence-electron chi connectivity index (χ2n) is 2.80. The van der Waals surface area contributed by atoms with Crippen molar-refractivity contribution in [1.82, 2.24) is 4.90 Å². The molecule has 0 saturated heterocycles. The molecule has 0 saturated carbocycles. The minimum Gasteiger partial charge on any atom is -0.468 e. The van der Waals surface area contributed by atoms with Crippen LogP contribution < -0.4 is 0 Å². The second kappa shape index (κ2) is 6.92. The Morgan fingerprint density at radius 1 is 1.54 bits per heavy atom. The van der Waals surface area contributed by atoms with Gasteiger partial charge in [0.05, 0.1) is 13.7 Å². The number of rotatable bonds is 6. The van der Waals surface area contributed by atoms with E-state index >= 15 is 0 Å². The van der Waals surface area contributed by atoms with Crippen LogP contribution in [0.15, 0.2) is 11.6 Å². The molecule has 0 fully saturated rings. The second-order valence-corrected chi connectivity index (χ2v) is 3.34. The number of hydrogen-bond donors (Lipinski definition) is 0. The molecule has 0 N–H and O–H groups in total. The molecular weight excluding hydrogens is 190 g/mol. The number of nitrogens with zero attached hydrogens (tertiary/aromatic N) is 1. The lowest BCUT2D eigenvalue weighted by Gasteiger charge is -2.19. The predicted molar refractivity (Wildman–Crippen MR) is 53.7 cm³/mol. The number of halogens is 1. The maximum Gasteiger partial charge on any atom is 0.319 e. The van der Waals surface area contributed by atoms with Crippen molar-refractivity contribution in [2.45, 2.75) is 13.3 Å². The van der Waals surface area contributed by atoms with Crippen molar-refractivity contribution < 1.29 is 9.53 Å². The molecule has 0 bridgehead atoms. The third-order valence-corrected chi connectivity index (χ3v) is 1.63. The molecule has 0 unspecified atom stereocenters. The molecule has 0 atom stereocenters. The Bertz CT molecular complexity index is 182. The summed E-state index contributed by atoms with van der Waals surface area (Å²) in [6, 6.07) is 0. The standard InChI is InChI=1S/C9H16ClNO2/c1-4-5-11(6-8(2)10)7-9(12)13-3/h2,4-7H2,1,3H3. The SMILES string of the molecule is C=C(Cl)CN(CCC)CC(=O)OC. The van der Waals surface area contributed by atoms with Crippen LogP contribution in [0.25, 0.3) is 0 Å². The first-order valence-electron chi connectivity index (χ1n) is 4.22. The Hall–Kier alpha value is -0.540. The van der Waals surface area contributed by atoms with E-state index in [1.54, 1.807) is 0 Å². The first-order chi connectivity index (χ1) is 6.10. The summed E-state index contributed by atoms with van der Waals surface area (Å²) in [7, 11) is 1.38. The van der Waals surface area contributed by atoms with E-state index in [1.165, 1.54) is 7.11 Å². The molecule has 0 aromatic carbocycles. The Morgan fingerprint density at radius 3 is 2.54 bits per heavy atom. The van der Waals surface area contributed by atoms with E-state index in [0.717, 1.165) is 13.0 Å². The summed E-state index contributed by atoms with van der Waals surface area (Å²) in [5, 5.41) is 0.539.